The minimum Gasteiger partial charge on any atom is -0.494 e. The lowest BCUT2D eigenvalue weighted by atomic mass is 10.0. The van der Waals surface area contributed by atoms with E-state index in [1.807, 2.05) is 44.2 Å². The van der Waals surface area contributed by atoms with Crippen molar-refractivity contribution in [1.82, 2.24) is 15.6 Å². The largest absolute Gasteiger partial charge is 0.494 e. The molecule has 10 nitrogen and oxygen atoms in total. The Labute approximate surface area is 239 Å². The van der Waals surface area contributed by atoms with Gasteiger partial charge in [-0.1, -0.05) is 24.3 Å². The van der Waals surface area contributed by atoms with E-state index < -0.39 is 17.2 Å². The zero-order chi connectivity index (χ0) is 29.8. The molecule has 4 N–H and O–H groups in total. The molecule has 3 rings (SSSR count). The number of carbonyl (C=O) groups is 1. The van der Waals surface area contributed by atoms with Crippen molar-refractivity contribution in [1.29, 1.82) is 10.5 Å². The molecule has 0 aliphatic heterocycles. The van der Waals surface area contributed by atoms with Crippen molar-refractivity contribution in [2.75, 3.05) is 26.3 Å². The molecule has 214 valence electrons. The Balaban J connectivity index is 1.34. The number of para-hydroxylation sites is 1. The predicted molar refractivity (Wildman–Crippen MR) is 154 cm³/mol. The van der Waals surface area contributed by atoms with Crippen molar-refractivity contribution in [3.05, 3.63) is 81.8 Å². The minimum absolute atomic E-state index is 0.0335. The summed E-state index contributed by atoms with van der Waals surface area (Å²) in [7, 11) is 0. The first-order valence-corrected chi connectivity index (χ1v) is 13.3. The minimum atomic E-state index is -0.793. The second kappa shape index (κ2) is 14.7. The molecule has 1 atom stereocenters. The van der Waals surface area contributed by atoms with Gasteiger partial charge in [-0.3, -0.25) is 9.59 Å². The van der Waals surface area contributed by atoms with Gasteiger partial charge >= 0.3 is 0 Å². The molecule has 1 aromatic heterocycles. The summed E-state index contributed by atoms with van der Waals surface area (Å²) >= 11 is 0. The van der Waals surface area contributed by atoms with E-state index in [0.29, 0.717) is 48.7 Å². The number of carbonyl (C=O) groups excluding carboxylic acids is 1. The first-order chi connectivity index (χ1) is 19.6. The average molecular weight is 558 g/mol. The molecular formula is C31H35N5O5. The molecule has 10 heteroatoms. The fourth-order valence-corrected chi connectivity index (χ4v) is 3.95. The van der Waals surface area contributed by atoms with E-state index in [9.17, 15) is 14.7 Å². The second-order valence-electron chi connectivity index (χ2n) is 10.3. The van der Waals surface area contributed by atoms with Crippen LogP contribution >= 0.6 is 0 Å². The summed E-state index contributed by atoms with van der Waals surface area (Å²) in [5, 5.41) is 34.7. The lowest BCUT2D eigenvalue weighted by Gasteiger charge is -2.28. The topological polar surface area (TPSA) is 160 Å². The average Bonchev–Trinajstić information content (AvgIpc) is 2.97. The molecule has 0 saturated carbocycles. The number of nitrogens with zero attached hydrogens (tertiary/aromatic N) is 2. The van der Waals surface area contributed by atoms with Gasteiger partial charge in [0.1, 0.15) is 41.9 Å². The number of hydrogen-bond donors (Lipinski definition) is 4. The Kier molecular flexibility index (Phi) is 11.0. The highest BCUT2D eigenvalue weighted by atomic mass is 16.5. The molecule has 0 radical (unpaired) electrons. The van der Waals surface area contributed by atoms with Crippen LogP contribution in [-0.4, -0.2) is 53.9 Å². The van der Waals surface area contributed by atoms with Gasteiger partial charge in [0.05, 0.1) is 12.2 Å². The van der Waals surface area contributed by atoms with Crippen molar-refractivity contribution >= 4 is 5.91 Å². The third-order valence-electron chi connectivity index (χ3n) is 6.32. The van der Waals surface area contributed by atoms with Crippen molar-refractivity contribution in [3.63, 3.8) is 0 Å². The molecule has 1 heterocycles. The quantitative estimate of drug-likeness (QED) is 0.220. The van der Waals surface area contributed by atoms with Crippen LogP contribution in [0.4, 0.5) is 0 Å². The fraction of sp³-hybridized carbons (Fsp3) is 0.355. The molecule has 1 amide bonds. The van der Waals surface area contributed by atoms with Gasteiger partial charge in [0, 0.05) is 36.3 Å². The van der Waals surface area contributed by atoms with Crippen molar-refractivity contribution in [2.45, 2.75) is 45.3 Å². The number of H-pyrrole nitrogens is 1. The van der Waals surface area contributed by atoms with Gasteiger partial charge in [-0.25, -0.2) is 0 Å². The van der Waals surface area contributed by atoms with Crippen LogP contribution < -0.4 is 25.7 Å². The number of rotatable bonds is 14. The summed E-state index contributed by atoms with van der Waals surface area (Å²) in [6.45, 7) is 6.66. The van der Waals surface area contributed by atoms with Crippen LogP contribution in [0.3, 0.4) is 0 Å². The summed E-state index contributed by atoms with van der Waals surface area (Å²) in [5.41, 5.74) is 1.90. The number of aliphatic hydroxyl groups is 1. The van der Waals surface area contributed by atoms with Crippen LogP contribution in [0.2, 0.25) is 0 Å². The highest BCUT2D eigenvalue weighted by molar-refractivity contribution is 5.75. The second-order valence-corrected chi connectivity index (χ2v) is 10.3. The van der Waals surface area contributed by atoms with Crippen LogP contribution in [0.25, 0.3) is 11.1 Å². The molecule has 2 aromatic carbocycles. The van der Waals surface area contributed by atoms with Crippen molar-refractivity contribution in [3.8, 4) is 34.8 Å². The predicted octanol–water partition coefficient (Wildman–Crippen LogP) is 3.18. The lowest BCUT2D eigenvalue weighted by Crippen LogP contribution is -2.51. The fourth-order valence-electron chi connectivity index (χ4n) is 3.95. The Morgan fingerprint density at radius 2 is 1.78 bits per heavy atom. The first-order valence-electron chi connectivity index (χ1n) is 13.3. The molecule has 0 aliphatic rings. The first kappa shape index (κ1) is 30.9. The van der Waals surface area contributed by atoms with E-state index in [-0.39, 0.29) is 24.6 Å². The number of pyridine rings is 1. The number of amides is 1. The molecular weight excluding hydrogens is 522 g/mol. The Bertz CT molecular complexity index is 1470. The number of aliphatic hydroxyl groups excluding tert-OH is 1. The number of nitrogens with one attached hydrogen (secondary N) is 3. The summed E-state index contributed by atoms with van der Waals surface area (Å²) in [5.74, 6) is 0.982. The highest BCUT2D eigenvalue weighted by Gasteiger charge is 2.20. The molecule has 1 unspecified atom stereocenters. The normalized spacial score (nSPS) is 11.7. The molecule has 0 aliphatic carbocycles. The molecule has 0 saturated heterocycles. The standard InChI is InChI=1S/C31H35N5O5/c1-21-27(15-24(17-33)30(39)36-21)22-10-12-26(13-11-22)40-14-6-9-29(38)34-20-31(2,3)35-18-25(37)19-41-28-8-5-4-7-23(28)16-32/h4-5,7-8,10-13,15,25,35,37H,6,9,14,18-20H2,1-3H3,(H,34,38)(H,36,39). The molecule has 0 bridgehead atoms. The molecule has 41 heavy (non-hydrogen) atoms. The Morgan fingerprint density at radius 3 is 2.49 bits per heavy atom. The zero-order valence-electron chi connectivity index (χ0n) is 23.5. The van der Waals surface area contributed by atoms with E-state index in [0.717, 1.165) is 11.1 Å². The molecule has 3 aromatic rings. The monoisotopic (exact) mass is 557 g/mol. The lowest BCUT2D eigenvalue weighted by molar-refractivity contribution is -0.121. The third-order valence-corrected chi connectivity index (χ3v) is 6.32. The zero-order valence-corrected chi connectivity index (χ0v) is 23.5. The summed E-state index contributed by atoms with van der Waals surface area (Å²) in [6, 6.07) is 19.7. The number of nitriles is 2. The summed E-state index contributed by atoms with van der Waals surface area (Å²) in [6.07, 6.45) is 0.0431. The number of β-amino-alcohol motifs (C(OH)–C–C–N with tert-alkyl or cyclic N) is 1. The summed E-state index contributed by atoms with van der Waals surface area (Å²) in [4.78, 5) is 26.8. The SMILES string of the molecule is Cc1[nH]c(=O)c(C#N)cc1-c1ccc(OCCCC(=O)NCC(C)(C)NCC(O)COc2ccccc2C#N)cc1. The number of ether oxygens (including phenoxy) is 2. The van der Waals surface area contributed by atoms with E-state index in [1.54, 1.807) is 37.3 Å². The third kappa shape index (κ3) is 9.50. The highest BCUT2D eigenvalue weighted by Crippen LogP contribution is 2.24. The molecule has 0 spiro atoms. The van der Waals surface area contributed by atoms with E-state index in [1.165, 1.54) is 0 Å². The van der Waals surface area contributed by atoms with Gasteiger partial charge < -0.3 is 30.2 Å². The van der Waals surface area contributed by atoms with Gasteiger partial charge in [0.25, 0.3) is 5.56 Å². The maximum Gasteiger partial charge on any atom is 0.266 e. The number of aryl methyl sites for hydroxylation is 1. The number of aromatic amines is 1. The van der Waals surface area contributed by atoms with E-state index in [2.05, 4.69) is 21.7 Å². The van der Waals surface area contributed by atoms with Gasteiger partial charge in [0.15, 0.2) is 0 Å². The van der Waals surface area contributed by atoms with E-state index in [4.69, 9.17) is 20.0 Å². The van der Waals surface area contributed by atoms with Crippen molar-refractivity contribution < 1.29 is 19.4 Å². The number of hydrogen-bond acceptors (Lipinski definition) is 8. The number of benzene rings is 2. The van der Waals surface area contributed by atoms with Gasteiger partial charge in [0.2, 0.25) is 5.91 Å². The van der Waals surface area contributed by atoms with Crippen LogP contribution in [0.1, 0.15) is 43.5 Å². The maximum atomic E-state index is 12.3. The molecule has 0 fully saturated rings. The van der Waals surface area contributed by atoms with Crippen LogP contribution in [0, 0.1) is 29.6 Å². The Hall–Kier alpha value is -4.64. The van der Waals surface area contributed by atoms with Gasteiger partial charge in [-0.15, -0.1) is 0 Å². The van der Waals surface area contributed by atoms with E-state index >= 15 is 0 Å². The van der Waals surface area contributed by atoms with Gasteiger partial charge in [-0.2, -0.15) is 10.5 Å². The van der Waals surface area contributed by atoms with Crippen LogP contribution in [-0.2, 0) is 4.79 Å². The van der Waals surface area contributed by atoms with Crippen molar-refractivity contribution in [2.24, 2.45) is 0 Å². The van der Waals surface area contributed by atoms with Gasteiger partial charge in [-0.05, 0) is 63.1 Å². The number of aromatic nitrogens is 1. The smallest absolute Gasteiger partial charge is 0.266 e. The Morgan fingerprint density at radius 1 is 1.07 bits per heavy atom. The van der Waals surface area contributed by atoms with Crippen LogP contribution in [0.15, 0.2) is 59.4 Å². The maximum absolute atomic E-state index is 12.3. The summed E-state index contributed by atoms with van der Waals surface area (Å²) < 4.78 is 11.3. The van der Waals surface area contributed by atoms with Crippen LogP contribution in [0.5, 0.6) is 11.5 Å².